The fourth-order valence-corrected chi connectivity index (χ4v) is 2.67. The quantitative estimate of drug-likeness (QED) is 0.448. The molecule has 8 nitrogen and oxygen atoms in total. The second kappa shape index (κ2) is 9.97. The predicted octanol–water partition coefficient (Wildman–Crippen LogP) is 1.91. The van der Waals surface area contributed by atoms with Gasteiger partial charge in [0, 0.05) is 6.04 Å². The Morgan fingerprint density at radius 3 is 2.48 bits per heavy atom. The molecule has 0 saturated heterocycles. The summed E-state index contributed by atoms with van der Waals surface area (Å²) in [7, 11) is 1.53. The van der Waals surface area contributed by atoms with Crippen LogP contribution < -0.4 is 15.4 Å². The minimum absolute atomic E-state index is 0.0676. The number of carbonyl (C=O) groups is 3. The van der Waals surface area contributed by atoms with Gasteiger partial charge in [0.15, 0.2) is 6.61 Å². The molecule has 1 aliphatic rings. The number of benzene rings is 1. The molecule has 0 aromatic heterocycles. The van der Waals surface area contributed by atoms with E-state index in [4.69, 9.17) is 14.7 Å². The third-order valence-corrected chi connectivity index (χ3v) is 4.04. The Balaban J connectivity index is 1.82. The number of urea groups is 1. The Morgan fingerprint density at radius 2 is 1.89 bits per heavy atom. The molecule has 1 saturated carbocycles. The topological polar surface area (TPSA) is 118 Å². The fraction of sp³-hybridized carbons (Fsp3) is 0.368. The van der Waals surface area contributed by atoms with Crippen LogP contribution in [-0.2, 0) is 14.3 Å². The highest BCUT2D eigenvalue weighted by atomic mass is 16.5. The molecule has 142 valence electrons. The van der Waals surface area contributed by atoms with Crippen LogP contribution in [0, 0.1) is 11.3 Å². The van der Waals surface area contributed by atoms with Crippen molar-refractivity contribution in [3.63, 3.8) is 0 Å². The first-order chi connectivity index (χ1) is 13.0. The van der Waals surface area contributed by atoms with Crippen molar-refractivity contribution in [3.05, 3.63) is 35.4 Å². The number of esters is 1. The average Bonchev–Trinajstić information content (AvgIpc) is 3.17. The summed E-state index contributed by atoms with van der Waals surface area (Å²) in [5, 5.41) is 13.9. The predicted molar refractivity (Wildman–Crippen MR) is 96.5 cm³/mol. The van der Waals surface area contributed by atoms with Gasteiger partial charge in [-0.25, -0.2) is 9.59 Å². The highest BCUT2D eigenvalue weighted by Gasteiger charge is 2.19. The van der Waals surface area contributed by atoms with Crippen LogP contribution in [0.15, 0.2) is 29.8 Å². The lowest BCUT2D eigenvalue weighted by molar-refractivity contribution is -0.144. The molecule has 2 rings (SSSR count). The van der Waals surface area contributed by atoms with Crippen LogP contribution in [-0.4, -0.2) is 37.7 Å². The lowest BCUT2D eigenvalue weighted by atomic mass is 10.1. The molecule has 8 heteroatoms. The van der Waals surface area contributed by atoms with Crippen LogP contribution in [0.1, 0.15) is 31.2 Å². The zero-order valence-electron chi connectivity index (χ0n) is 15.0. The number of amides is 3. The first-order valence-corrected chi connectivity index (χ1v) is 8.55. The van der Waals surface area contributed by atoms with E-state index in [1.54, 1.807) is 30.3 Å². The summed E-state index contributed by atoms with van der Waals surface area (Å²) in [6, 6.07) is 7.90. The van der Waals surface area contributed by atoms with Crippen molar-refractivity contribution in [3.8, 4) is 11.8 Å². The molecule has 1 aromatic carbocycles. The fourth-order valence-electron chi connectivity index (χ4n) is 2.67. The molecule has 3 amide bonds. The minimum atomic E-state index is -0.945. The van der Waals surface area contributed by atoms with Crippen molar-refractivity contribution in [2.75, 3.05) is 13.7 Å². The summed E-state index contributed by atoms with van der Waals surface area (Å²) >= 11 is 0. The third kappa shape index (κ3) is 6.47. The van der Waals surface area contributed by atoms with Gasteiger partial charge in [-0.15, -0.1) is 0 Å². The molecule has 27 heavy (non-hydrogen) atoms. The molecule has 0 atom stereocenters. The Bertz CT molecular complexity index is 759. The highest BCUT2D eigenvalue weighted by molar-refractivity contribution is 6.00. The van der Waals surface area contributed by atoms with Gasteiger partial charge in [-0.05, 0) is 36.6 Å². The van der Waals surface area contributed by atoms with E-state index in [0.717, 1.165) is 25.7 Å². The maximum absolute atomic E-state index is 12.0. The van der Waals surface area contributed by atoms with Crippen molar-refractivity contribution in [1.82, 2.24) is 10.6 Å². The van der Waals surface area contributed by atoms with Gasteiger partial charge in [0.25, 0.3) is 5.91 Å². The lowest BCUT2D eigenvalue weighted by Crippen LogP contribution is -2.45. The molecule has 0 heterocycles. The van der Waals surface area contributed by atoms with Crippen LogP contribution in [0.2, 0.25) is 0 Å². The number of rotatable bonds is 6. The minimum Gasteiger partial charge on any atom is -0.497 e. The van der Waals surface area contributed by atoms with Crippen LogP contribution in [0.3, 0.4) is 0 Å². The van der Waals surface area contributed by atoms with E-state index in [-0.39, 0.29) is 11.6 Å². The highest BCUT2D eigenvalue weighted by Crippen LogP contribution is 2.17. The van der Waals surface area contributed by atoms with Crippen LogP contribution in [0.25, 0.3) is 6.08 Å². The van der Waals surface area contributed by atoms with E-state index in [9.17, 15) is 14.4 Å². The second-order valence-electron chi connectivity index (χ2n) is 6.02. The van der Waals surface area contributed by atoms with Crippen molar-refractivity contribution in [2.45, 2.75) is 31.7 Å². The lowest BCUT2D eigenvalue weighted by Gasteiger charge is -2.12. The Kier molecular flexibility index (Phi) is 7.37. The number of nitrogens with zero attached hydrogens (tertiary/aromatic N) is 1. The van der Waals surface area contributed by atoms with Crippen molar-refractivity contribution >= 4 is 24.0 Å². The summed E-state index contributed by atoms with van der Waals surface area (Å²) < 4.78 is 9.83. The largest absolute Gasteiger partial charge is 0.497 e. The third-order valence-electron chi connectivity index (χ3n) is 4.04. The molecule has 0 radical (unpaired) electrons. The number of nitrogens with one attached hydrogen (secondary N) is 2. The van der Waals surface area contributed by atoms with Crippen molar-refractivity contribution < 1.29 is 23.9 Å². The first-order valence-electron chi connectivity index (χ1n) is 8.55. The summed E-state index contributed by atoms with van der Waals surface area (Å²) in [6.45, 7) is -0.654. The van der Waals surface area contributed by atoms with E-state index < -0.39 is 24.5 Å². The Labute approximate surface area is 157 Å². The first kappa shape index (κ1) is 20.0. The van der Waals surface area contributed by atoms with Crippen molar-refractivity contribution in [2.24, 2.45) is 0 Å². The van der Waals surface area contributed by atoms with Gasteiger partial charge in [0.1, 0.15) is 17.4 Å². The number of imide groups is 1. The van der Waals surface area contributed by atoms with E-state index in [2.05, 4.69) is 10.6 Å². The summed E-state index contributed by atoms with van der Waals surface area (Å²) in [6.07, 6.45) is 5.21. The molecule has 1 aromatic rings. The summed E-state index contributed by atoms with van der Waals surface area (Å²) in [5.74, 6) is -1.07. The monoisotopic (exact) mass is 371 g/mol. The molecule has 1 aliphatic carbocycles. The average molecular weight is 371 g/mol. The number of hydrogen-bond donors (Lipinski definition) is 2. The molecule has 0 aliphatic heterocycles. The maximum atomic E-state index is 12.0. The molecule has 0 spiro atoms. The van der Waals surface area contributed by atoms with Gasteiger partial charge in [-0.2, -0.15) is 5.26 Å². The van der Waals surface area contributed by atoms with Gasteiger partial charge >= 0.3 is 12.0 Å². The number of carbonyl (C=O) groups excluding carboxylic acids is 3. The van der Waals surface area contributed by atoms with Crippen molar-refractivity contribution in [1.29, 1.82) is 5.26 Å². The Hall–Kier alpha value is -3.34. The summed E-state index contributed by atoms with van der Waals surface area (Å²) in [4.78, 5) is 35.3. The van der Waals surface area contributed by atoms with E-state index in [1.807, 2.05) is 0 Å². The van der Waals surface area contributed by atoms with E-state index >= 15 is 0 Å². The molecule has 1 fully saturated rings. The normalized spacial score (nSPS) is 14.1. The number of ether oxygens (including phenoxy) is 2. The van der Waals surface area contributed by atoms with Gasteiger partial charge in [0.05, 0.1) is 7.11 Å². The van der Waals surface area contributed by atoms with Gasteiger partial charge < -0.3 is 14.8 Å². The van der Waals surface area contributed by atoms with Gasteiger partial charge in [0.2, 0.25) is 0 Å². The van der Waals surface area contributed by atoms with E-state index in [1.165, 1.54) is 13.2 Å². The number of nitriles is 1. The zero-order chi connectivity index (χ0) is 19.6. The van der Waals surface area contributed by atoms with Crippen LogP contribution in [0.5, 0.6) is 5.75 Å². The molecular weight excluding hydrogens is 350 g/mol. The molecular formula is C19H21N3O5. The van der Waals surface area contributed by atoms with Crippen LogP contribution in [0.4, 0.5) is 4.79 Å². The number of hydrogen-bond acceptors (Lipinski definition) is 6. The number of methoxy groups -OCH3 is 1. The molecule has 2 N–H and O–H groups in total. The molecule has 0 bridgehead atoms. The maximum Gasteiger partial charge on any atom is 0.349 e. The SMILES string of the molecule is COc1ccc(C=C(C#N)C(=O)OCC(=O)NC(=O)NC2CCCC2)cc1. The Morgan fingerprint density at radius 1 is 1.22 bits per heavy atom. The standard InChI is InChI=1S/C19H21N3O5/c1-26-16-8-6-13(7-9-16)10-14(11-20)18(24)27-12-17(23)22-19(25)21-15-4-2-3-5-15/h6-10,15H,2-5,12H2,1H3,(H2,21,22,23,25). The van der Waals surface area contributed by atoms with E-state index in [0.29, 0.717) is 11.3 Å². The second-order valence-corrected chi connectivity index (χ2v) is 6.02. The molecule has 0 unspecified atom stereocenters. The van der Waals surface area contributed by atoms with Gasteiger partial charge in [-0.3, -0.25) is 10.1 Å². The van der Waals surface area contributed by atoms with Gasteiger partial charge in [-0.1, -0.05) is 25.0 Å². The summed E-state index contributed by atoms with van der Waals surface area (Å²) in [5.41, 5.74) is 0.341. The zero-order valence-corrected chi connectivity index (χ0v) is 15.0. The smallest absolute Gasteiger partial charge is 0.349 e. The van der Waals surface area contributed by atoms with Crippen LogP contribution >= 0.6 is 0 Å².